The van der Waals surface area contributed by atoms with Crippen molar-refractivity contribution in [3.8, 4) is 5.75 Å². The van der Waals surface area contributed by atoms with Gasteiger partial charge in [-0.2, -0.15) is 0 Å². The van der Waals surface area contributed by atoms with Crippen LogP contribution in [0.1, 0.15) is 5.56 Å². The number of amides is 1. The molecule has 0 aliphatic carbocycles. The number of ether oxygens (including phenoxy) is 2. The predicted octanol–water partition coefficient (Wildman–Crippen LogP) is 2.21. The zero-order chi connectivity index (χ0) is 18.3. The maximum atomic E-state index is 12.0. The summed E-state index contributed by atoms with van der Waals surface area (Å²) in [7, 11) is -3.45. The van der Waals surface area contributed by atoms with E-state index in [0.717, 1.165) is 11.8 Å². The summed E-state index contributed by atoms with van der Waals surface area (Å²) in [5, 5.41) is 11.3. The van der Waals surface area contributed by atoms with Crippen molar-refractivity contribution in [2.24, 2.45) is 0 Å². The number of hydrogen-bond acceptors (Lipinski definition) is 6. The number of benzene rings is 2. The molecule has 0 bridgehead atoms. The number of carbonyl (C=O) groups is 1. The molecule has 0 aliphatic heterocycles. The highest BCUT2D eigenvalue weighted by Crippen LogP contribution is 2.28. The van der Waals surface area contributed by atoms with E-state index in [0.29, 0.717) is 0 Å². The maximum absolute atomic E-state index is 12.0. The first-order valence-electron chi connectivity index (χ1n) is 7.45. The minimum atomic E-state index is -3.45. The van der Waals surface area contributed by atoms with Crippen LogP contribution >= 0.6 is 0 Å². The first kappa shape index (κ1) is 18.8. The molecule has 0 saturated heterocycles. The average molecular weight is 365 g/mol. The quantitative estimate of drug-likeness (QED) is 0.780. The molecule has 0 unspecified atom stereocenters. The van der Waals surface area contributed by atoms with Crippen LogP contribution < -0.4 is 10.1 Å². The van der Waals surface area contributed by atoms with Crippen LogP contribution in [0.5, 0.6) is 5.75 Å². The van der Waals surface area contributed by atoms with Crippen molar-refractivity contribution in [2.45, 2.75) is 11.5 Å². The molecular formula is C17H19NO6S. The van der Waals surface area contributed by atoms with Crippen LogP contribution in [0.3, 0.4) is 0 Å². The molecule has 2 aromatic rings. The Morgan fingerprint density at radius 2 is 1.88 bits per heavy atom. The molecule has 2 N–H and O–H groups in total. The molecule has 0 atom stereocenters. The minimum absolute atomic E-state index is 0.00592. The van der Waals surface area contributed by atoms with Crippen LogP contribution in [0.2, 0.25) is 0 Å². The van der Waals surface area contributed by atoms with Crippen LogP contribution in [0.25, 0.3) is 0 Å². The Morgan fingerprint density at radius 3 is 2.52 bits per heavy atom. The van der Waals surface area contributed by atoms with Gasteiger partial charge in [-0.3, -0.25) is 5.32 Å². The summed E-state index contributed by atoms with van der Waals surface area (Å²) in [6.45, 7) is -0.136. The van der Waals surface area contributed by atoms with Gasteiger partial charge < -0.3 is 14.6 Å². The van der Waals surface area contributed by atoms with Gasteiger partial charge in [-0.05, 0) is 23.8 Å². The monoisotopic (exact) mass is 365 g/mol. The van der Waals surface area contributed by atoms with Crippen molar-refractivity contribution in [2.75, 3.05) is 24.8 Å². The SMILES string of the molecule is CS(=O)(=O)c1ccc(OCCO)c(NC(=O)OCc2ccccc2)c1. The summed E-state index contributed by atoms with van der Waals surface area (Å²) in [6, 6.07) is 13.2. The second kappa shape index (κ2) is 8.50. The van der Waals surface area contributed by atoms with Crippen molar-refractivity contribution in [3.63, 3.8) is 0 Å². The second-order valence-corrected chi connectivity index (χ2v) is 7.20. The number of nitrogens with one attached hydrogen (secondary N) is 1. The molecule has 0 aliphatic rings. The lowest BCUT2D eigenvalue weighted by Gasteiger charge is -2.13. The molecule has 2 rings (SSSR count). The number of aliphatic hydroxyl groups excluding tert-OH is 1. The van der Waals surface area contributed by atoms with Gasteiger partial charge in [0, 0.05) is 6.26 Å². The van der Waals surface area contributed by atoms with Crippen molar-refractivity contribution in [3.05, 3.63) is 54.1 Å². The average Bonchev–Trinajstić information content (AvgIpc) is 2.59. The topological polar surface area (TPSA) is 102 Å². The van der Waals surface area contributed by atoms with Crippen molar-refractivity contribution in [1.82, 2.24) is 0 Å². The van der Waals surface area contributed by atoms with E-state index in [1.54, 1.807) is 0 Å². The highest BCUT2D eigenvalue weighted by atomic mass is 32.2. The Hall–Kier alpha value is -2.58. The van der Waals surface area contributed by atoms with E-state index in [1.165, 1.54) is 18.2 Å². The summed E-state index contributed by atoms with van der Waals surface area (Å²) < 4.78 is 33.8. The third kappa shape index (κ3) is 5.77. The maximum Gasteiger partial charge on any atom is 0.412 e. The molecule has 1 amide bonds. The number of rotatable bonds is 7. The van der Waals surface area contributed by atoms with Crippen LogP contribution in [0, 0.1) is 0 Å². The first-order valence-corrected chi connectivity index (χ1v) is 9.35. The number of carbonyl (C=O) groups excluding carboxylic acids is 1. The summed E-state index contributed by atoms with van der Waals surface area (Å²) in [4.78, 5) is 12.0. The Labute approximate surface area is 146 Å². The molecule has 7 nitrogen and oxygen atoms in total. The summed E-state index contributed by atoms with van der Waals surface area (Å²) in [6.07, 6.45) is 0.317. The van der Waals surface area contributed by atoms with Gasteiger partial charge in [-0.1, -0.05) is 30.3 Å². The largest absolute Gasteiger partial charge is 0.489 e. The minimum Gasteiger partial charge on any atom is -0.489 e. The highest BCUT2D eigenvalue weighted by Gasteiger charge is 2.14. The number of anilines is 1. The van der Waals surface area contributed by atoms with Crippen molar-refractivity contribution >= 4 is 21.6 Å². The van der Waals surface area contributed by atoms with Gasteiger partial charge in [0.05, 0.1) is 17.2 Å². The van der Waals surface area contributed by atoms with E-state index in [-0.39, 0.29) is 36.2 Å². The zero-order valence-electron chi connectivity index (χ0n) is 13.6. The zero-order valence-corrected chi connectivity index (χ0v) is 14.5. The van der Waals surface area contributed by atoms with Gasteiger partial charge >= 0.3 is 6.09 Å². The summed E-state index contributed by atoms with van der Waals surface area (Å²) in [5.74, 6) is 0.234. The molecular weight excluding hydrogens is 346 g/mol. The fraction of sp³-hybridized carbons (Fsp3) is 0.235. The van der Waals surface area contributed by atoms with Gasteiger partial charge in [-0.25, -0.2) is 13.2 Å². The van der Waals surface area contributed by atoms with E-state index in [1.807, 2.05) is 30.3 Å². The molecule has 2 aromatic carbocycles. The first-order chi connectivity index (χ1) is 11.9. The number of aliphatic hydroxyl groups is 1. The molecule has 0 saturated carbocycles. The number of sulfone groups is 1. The smallest absolute Gasteiger partial charge is 0.412 e. The Morgan fingerprint density at radius 1 is 1.16 bits per heavy atom. The van der Waals surface area contributed by atoms with Crippen LogP contribution in [0.4, 0.5) is 10.5 Å². The van der Waals surface area contributed by atoms with Crippen LogP contribution in [0.15, 0.2) is 53.4 Å². The Kier molecular flexibility index (Phi) is 6.37. The van der Waals surface area contributed by atoms with E-state index in [2.05, 4.69) is 5.32 Å². The van der Waals surface area contributed by atoms with E-state index in [9.17, 15) is 13.2 Å². The normalized spacial score (nSPS) is 11.0. The van der Waals surface area contributed by atoms with Gasteiger partial charge in [0.1, 0.15) is 19.0 Å². The van der Waals surface area contributed by atoms with E-state index >= 15 is 0 Å². The summed E-state index contributed by atoms with van der Waals surface area (Å²) >= 11 is 0. The molecule has 134 valence electrons. The Balaban J connectivity index is 2.12. The van der Waals surface area contributed by atoms with Crippen LogP contribution in [-0.4, -0.2) is 39.1 Å². The standard InChI is InChI=1S/C17H19NO6S/c1-25(21,22)14-7-8-16(23-10-9-19)15(11-14)18-17(20)24-12-13-5-3-2-4-6-13/h2-8,11,19H,9-10,12H2,1H3,(H,18,20). The molecule has 0 radical (unpaired) electrons. The lowest BCUT2D eigenvalue weighted by molar-refractivity contribution is 0.155. The van der Waals surface area contributed by atoms with Crippen LogP contribution in [-0.2, 0) is 21.2 Å². The second-order valence-electron chi connectivity index (χ2n) is 5.19. The fourth-order valence-corrected chi connectivity index (χ4v) is 2.64. The Bertz CT molecular complexity index is 820. The van der Waals surface area contributed by atoms with E-state index < -0.39 is 15.9 Å². The van der Waals surface area contributed by atoms with Crippen molar-refractivity contribution in [1.29, 1.82) is 0 Å². The van der Waals surface area contributed by atoms with Crippen molar-refractivity contribution < 1.29 is 27.8 Å². The predicted molar refractivity (Wildman–Crippen MR) is 92.4 cm³/mol. The number of hydrogen-bond donors (Lipinski definition) is 2. The lowest BCUT2D eigenvalue weighted by atomic mass is 10.2. The molecule has 0 fully saturated rings. The molecule has 0 aromatic heterocycles. The van der Waals surface area contributed by atoms with Gasteiger partial charge in [-0.15, -0.1) is 0 Å². The van der Waals surface area contributed by atoms with Gasteiger partial charge in [0.25, 0.3) is 0 Å². The third-order valence-electron chi connectivity index (χ3n) is 3.18. The van der Waals surface area contributed by atoms with Gasteiger partial charge in [0.2, 0.25) is 0 Å². The van der Waals surface area contributed by atoms with Gasteiger partial charge in [0.15, 0.2) is 9.84 Å². The molecule has 8 heteroatoms. The lowest BCUT2D eigenvalue weighted by Crippen LogP contribution is -2.15. The molecule has 0 heterocycles. The van der Waals surface area contributed by atoms with E-state index in [4.69, 9.17) is 14.6 Å². The third-order valence-corrected chi connectivity index (χ3v) is 4.29. The fourth-order valence-electron chi connectivity index (χ4n) is 1.99. The highest BCUT2D eigenvalue weighted by molar-refractivity contribution is 7.90. The molecule has 0 spiro atoms. The molecule has 25 heavy (non-hydrogen) atoms. The summed E-state index contributed by atoms with van der Waals surface area (Å²) in [5.41, 5.74) is 0.966.